The van der Waals surface area contributed by atoms with Crippen molar-refractivity contribution < 1.29 is 9.53 Å². The second-order valence-corrected chi connectivity index (χ2v) is 8.69. The second kappa shape index (κ2) is 11.5. The van der Waals surface area contributed by atoms with E-state index in [9.17, 15) is 4.79 Å². The van der Waals surface area contributed by atoms with Crippen LogP contribution in [-0.2, 0) is 16.0 Å². The Morgan fingerprint density at radius 2 is 1.93 bits per heavy atom. The van der Waals surface area contributed by atoms with Crippen LogP contribution in [0, 0.1) is 0 Å². The second-order valence-electron chi connectivity index (χ2n) is 7.85. The summed E-state index contributed by atoms with van der Waals surface area (Å²) < 4.78 is 5.54. The van der Waals surface area contributed by atoms with Gasteiger partial charge in [-0.15, -0.1) is 35.3 Å². The molecule has 3 aliphatic rings. The van der Waals surface area contributed by atoms with Crippen molar-refractivity contribution in [3.8, 4) is 0 Å². The molecule has 0 radical (unpaired) electrons. The van der Waals surface area contributed by atoms with E-state index in [-0.39, 0.29) is 36.0 Å². The summed E-state index contributed by atoms with van der Waals surface area (Å²) in [4.78, 5) is 28.3. The number of anilines is 1. The van der Waals surface area contributed by atoms with E-state index in [0.717, 1.165) is 81.9 Å². The summed E-state index contributed by atoms with van der Waals surface area (Å²) in [7, 11) is 1.82. The first kappa shape index (κ1) is 23.5. The van der Waals surface area contributed by atoms with Crippen LogP contribution in [0.15, 0.2) is 10.4 Å². The van der Waals surface area contributed by atoms with Crippen LogP contribution < -0.4 is 10.2 Å². The zero-order chi connectivity index (χ0) is 20.1. The van der Waals surface area contributed by atoms with Gasteiger partial charge in [-0.25, -0.2) is 4.98 Å². The molecule has 0 spiro atoms. The van der Waals surface area contributed by atoms with E-state index < -0.39 is 0 Å². The number of carbonyl (C=O) groups excluding carboxylic acids is 1. The summed E-state index contributed by atoms with van der Waals surface area (Å²) in [5.41, 5.74) is 1.15. The number of halogens is 1. The Kier molecular flexibility index (Phi) is 8.99. The lowest BCUT2D eigenvalue weighted by Crippen LogP contribution is -2.55. The number of amides is 1. The number of ether oxygens (including phenoxy) is 1. The normalized spacial score (nSPS) is 22.4. The van der Waals surface area contributed by atoms with Crippen molar-refractivity contribution in [2.75, 3.05) is 64.4 Å². The molecule has 3 saturated heterocycles. The van der Waals surface area contributed by atoms with Gasteiger partial charge in [0.2, 0.25) is 0 Å². The molecule has 8 nitrogen and oxygen atoms in total. The van der Waals surface area contributed by atoms with Gasteiger partial charge in [-0.05, 0) is 25.7 Å². The number of hydrogen-bond donors (Lipinski definition) is 1. The van der Waals surface area contributed by atoms with Gasteiger partial charge in [0, 0.05) is 71.3 Å². The number of aliphatic imine (C=N–C) groups is 1. The Morgan fingerprint density at radius 3 is 2.60 bits per heavy atom. The van der Waals surface area contributed by atoms with E-state index in [1.54, 1.807) is 11.3 Å². The molecular weight excluding hydrogens is 515 g/mol. The quantitative estimate of drug-likeness (QED) is 0.344. The van der Waals surface area contributed by atoms with E-state index in [4.69, 9.17) is 9.72 Å². The van der Waals surface area contributed by atoms with Crippen LogP contribution in [0.4, 0.5) is 5.13 Å². The van der Waals surface area contributed by atoms with Crippen molar-refractivity contribution in [3.05, 3.63) is 11.1 Å². The first-order chi connectivity index (χ1) is 14.2. The molecule has 1 aromatic rings. The van der Waals surface area contributed by atoms with Crippen molar-refractivity contribution >= 4 is 52.3 Å². The zero-order valence-electron chi connectivity index (χ0n) is 17.7. The standard InChI is InChI=1S/C20H32N6O2S.HI/c1-21-19(22-7-6-16-15-29-20(23-16)26-8-2-3-9-26)25-12-10-24(11-13-25)18(27)17-5-4-14-28-17;/h15,17H,2-14H2,1H3,(H,21,22);1H. The van der Waals surface area contributed by atoms with Gasteiger partial charge in [-0.1, -0.05) is 0 Å². The lowest BCUT2D eigenvalue weighted by Gasteiger charge is -2.37. The predicted octanol–water partition coefficient (Wildman–Crippen LogP) is 1.80. The number of piperazine rings is 1. The molecule has 1 unspecified atom stereocenters. The Bertz CT molecular complexity index is 710. The molecule has 0 saturated carbocycles. The van der Waals surface area contributed by atoms with Crippen molar-refractivity contribution in [1.82, 2.24) is 20.1 Å². The molecule has 1 amide bonds. The number of nitrogens with zero attached hydrogens (tertiary/aromatic N) is 5. The molecular formula is C20H33IN6O2S. The van der Waals surface area contributed by atoms with Crippen molar-refractivity contribution in [3.63, 3.8) is 0 Å². The summed E-state index contributed by atoms with van der Waals surface area (Å²) in [5.74, 6) is 1.06. The number of rotatable bonds is 5. The van der Waals surface area contributed by atoms with E-state index in [1.165, 1.54) is 12.8 Å². The number of thiazole rings is 1. The average Bonchev–Trinajstić information content (AvgIpc) is 3.53. The molecule has 10 heteroatoms. The van der Waals surface area contributed by atoms with E-state index in [0.29, 0.717) is 6.61 Å². The highest BCUT2D eigenvalue weighted by molar-refractivity contribution is 14.0. The highest BCUT2D eigenvalue weighted by Crippen LogP contribution is 2.24. The van der Waals surface area contributed by atoms with Gasteiger partial charge >= 0.3 is 0 Å². The van der Waals surface area contributed by atoms with Crippen LogP contribution in [0.25, 0.3) is 0 Å². The van der Waals surface area contributed by atoms with Gasteiger partial charge in [-0.2, -0.15) is 0 Å². The molecule has 30 heavy (non-hydrogen) atoms. The van der Waals surface area contributed by atoms with Gasteiger partial charge < -0.3 is 24.8 Å². The summed E-state index contributed by atoms with van der Waals surface area (Å²) in [6, 6.07) is 0. The summed E-state index contributed by atoms with van der Waals surface area (Å²) in [5, 5.41) is 6.80. The highest BCUT2D eigenvalue weighted by atomic mass is 127. The topological polar surface area (TPSA) is 73.3 Å². The van der Waals surface area contributed by atoms with Crippen molar-refractivity contribution in [2.45, 2.75) is 38.2 Å². The predicted molar refractivity (Wildman–Crippen MR) is 131 cm³/mol. The van der Waals surface area contributed by atoms with Crippen LogP contribution in [0.2, 0.25) is 0 Å². The van der Waals surface area contributed by atoms with E-state index in [1.807, 2.05) is 11.9 Å². The first-order valence-corrected chi connectivity index (χ1v) is 11.7. The fourth-order valence-corrected chi connectivity index (χ4v) is 5.13. The third kappa shape index (κ3) is 5.76. The molecule has 3 fully saturated rings. The van der Waals surface area contributed by atoms with E-state index >= 15 is 0 Å². The summed E-state index contributed by atoms with van der Waals surface area (Å²) in [6.45, 7) is 6.85. The van der Waals surface area contributed by atoms with Gasteiger partial charge in [-0.3, -0.25) is 9.79 Å². The minimum Gasteiger partial charge on any atom is -0.368 e. The molecule has 4 rings (SSSR count). The van der Waals surface area contributed by atoms with Crippen LogP contribution in [-0.4, -0.2) is 92.2 Å². The lowest BCUT2D eigenvalue weighted by atomic mass is 10.2. The maximum atomic E-state index is 12.5. The third-order valence-electron chi connectivity index (χ3n) is 5.89. The molecule has 1 aromatic heterocycles. The minimum atomic E-state index is -0.220. The zero-order valence-corrected chi connectivity index (χ0v) is 20.9. The van der Waals surface area contributed by atoms with Crippen LogP contribution >= 0.6 is 35.3 Å². The van der Waals surface area contributed by atoms with E-state index in [2.05, 4.69) is 25.5 Å². The first-order valence-electron chi connectivity index (χ1n) is 10.8. The van der Waals surface area contributed by atoms with Crippen LogP contribution in [0.1, 0.15) is 31.4 Å². The fourth-order valence-electron chi connectivity index (χ4n) is 4.21. The summed E-state index contributed by atoms with van der Waals surface area (Å²) >= 11 is 1.75. The molecule has 1 atom stereocenters. The Balaban J connectivity index is 0.00000256. The number of carbonyl (C=O) groups is 1. The Labute approximate surface area is 200 Å². The smallest absolute Gasteiger partial charge is 0.251 e. The maximum absolute atomic E-state index is 12.5. The third-order valence-corrected chi connectivity index (χ3v) is 6.84. The monoisotopic (exact) mass is 548 g/mol. The molecule has 168 valence electrons. The number of aromatic nitrogens is 1. The number of hydrogen-bond acceptors (Lipinski definition) is 6. The molecule has 4 heterocycles. The SMILES string of the molecule is CN=C(NCCc1csc(N2CCCC2)n1)N1CCN(C(=O)C2CCCO2)CC1.I. The van der Waals surface area contributed by atoms with Crippen LogP contribution in [0.5, 0.6) is 0 Å². The number of guanidine groups is 1. The Hall–Kier alpha value is -1.14. The van der Waals surface area contributed by atoms with Crippen molar-refractivity contribution in [1.29, 1.82) is 0 Å². The molecule has 0 bridgehead atoms. The van der Waals surface area contributed by atoms with Gasteiger partial charge in [0.25, 0.3) is 5.91 Å². The van der Waals surface area contributed by atoms with Gasteiger partial charge in [0.05, 0.1) is 5.69 Å². The maximum Gasteiger partial charge on any atom is 0.251 e. The lowest BCUT2D eigenvalue weighted by molar-refractivity contribution is -0.142. The Morgan fingerprint density at radius 1 is 1.20 bits per heavy atom. The minimum absolute atomic E-state index is 0. The average molecular weight is 548 g/mol. The van der Waals surface area contributed by atoms with Crippen molar-refractivity contribution in [2.24, 2.45) is 4.99 Å². The molecule has 0 aliphatic carbocycles. The molecule has 1 N–H and O–H groups in total. The van der Waals surface area contributed by atoms with Gasteiger partial charge in [0.15, 0.2) is 11.1 Å². The fraction of sp³-hybridized carbons (Fsp3) is 0.750. The molecule has 0 aromatic carbocycles. The summed E-state index contributed by atoms with van der Waals surface area (Å²) in [6.07, 6.45) is 5.08. The molecule has 3 aliphatic heterocycles. The number of nitrogens with one attached hydrogen (secondary N) is 1. The highest BCUT2D eigenvalue weighted by Gasteiger charge is 2.30. The van der Waals surface area contributed by atoms with Crippen LogP contribution in [0.3, 0.4) is 0 Å². The largest absolute Gasteiger partial charge is 0.368 e. The van der Waals surface area contributed by atoms with Gasteiger partial charge in [0.1, 0.15) is 6.10 Å².